The van der Waals surface area contributed by atoms with Crippen LogP contribution in [-0.4, -0.2) is 42.1 Å². The Morgan fingerprint density at radius 2 is 1.83 bits per heavy atom. The van der Waals surface area contributed by atoms with Crippen molar-refractivity contribution < 1.29 is 23.1 Å². The Bertz CT molecular complexity index is 943. The molecule has 0 saturated heterocycles. The van der Waals surface area contributed by atoms with E-state index in [0.29, 0.717) is 28.5 Å². The number of amides is 1. The molecule has 1 aromatic heterocycles. The van der Waals surface area contributed by atoms with Crippen molar-refractivity contribution in [2.45, 2.75) is 20.8 Å². The Kier molecular flexibility index (Phi) is 7.63. The van der Waals surface area contributed by atoms with Crippen LogP contribution in [0.25, 0.3) is 0 Å². The van der Waals surface area contributed by atoms with Gasteiger partial charge >= 0.3 is 5.97 Å². The topological polar surface area (TPSA) is 70.7 Å². The summed E-state index contributed by atoms with van der Waals surface area (Å²) in [7, 11) is 1.24. The molecule has 1 heterocycles. The number of thiocarbonyl (C=S) groups is 1. The maximum atomic E-state index is 13.4. The average molecular weight is 442 g/mol. The van der Waals surface area contributed by atoms with E-state index in [1.54, 1.807) is 11.8 Å². The standard InChI is InChI=1S/C19H21F2N3O3S2/c1-5-24(6-2)17(25)15-10(3)14(18(26)27-4)16(29-15)23-19(28)22-11-7-8-12(20)13(21)9-11/h7-9H,5-6H2,1-4H3,(H2,22,23,28). The number of benzene rings is 1. The van der Waals surface area contributed by atoms with Gasteiger partial charge in [-0.25, -0.2) is 13.6 Å². The number of esters is 1. The Morgan fingerprint density at radius 3 is 2.38 bits per heavy atom. The first-order chi connectivity index (χ1) is 13.7. The van der Waals surface area contributed by atoms with E-state index in [1.165, 1.54) is 13.2 Å². The minimum atomic E-state index is -1.02. The van der Waals surface area contributed by atoms with Crippen molar-refractivity contribution in [2.75, 3.05) is 30.8 Å². The Labute approximate surface area is 176 Å². The lowest BCUT2D eigenvalue weighted by atomic mass is 10.1. The molecule has 0 unspecified atom stereocenters. The monoisotopic (exact) mass is 441 g/mol. The van der Waals surface area contributed by atoms with Crippen LogP contribution >= 0.6 is 23.6 Å². The van der Waals surface area contributed by atoms with Crippen molar-refractivity contribution in [3.8, 4) is 0 Å². The minimum absolute atomic E-state index is 0.0456. The Hall–Kier alpha value is -2.59. The first kappa shape index (κ1) is 22.7. The number of carbonyl (C=O) groups is 2. The highest BCUT2D eigenvalue weighted by molar-refractivity contribution is 7.80. The molecular weight excluding hydrogens is 420 g/mol. The number of methoxy groups -OCH3 is 1. The van der Waals surface area contributed by atoms with Crippen LogP contribution in [0.1, 0.15) is 39.4 Å². The molecule has 0 aliphatic carbocycles. The van der Waals surface area contributed by atoms with Crippen molar-refractivity contribution in [1.82, 2.24) is 4.90 Å². The van der Waals surface area contributed by atoms with Crippen LogP contribution in [0.15, 0.2) is 18.2 Å². The van der Waals surface area contributed by atoms with Gasteiger partial charge < -0.3 is 20.3 Å². The zero-order chi connectivity index (χ0) is 21.7. The van der Waals surface area contributed by atoms with Crippen LogP contribution in [0.3, 0.4) is 0 Å². The van der Waals surface area contributed by atoms with Crippen LogP contribution < -0.4 is 10.6 Å². The lowest BCUT2D eigenvalue weighted by molar-refractivity contribution is 0.0601. The van der Waals surface area contributed by atoms with Crippen LogP contribution in [-0.2, 0) is 4.74 Å². The van der Waals surface area contributed by atoms with Crippen LogP contribution in [0.5, 0.6) is 0 Å². The molecule has 1 aromatic carbocycles. The number of hydrogen-bond acceptors (Lipinski definition) is 5. The second-order valence-electron chi connectivity index (χ2n) is 5.94. The Balaban J connectivity index is 2.33. The molecule has 1 amide bonds. The molecule has 156 valence electrons. The molecule has 0 saturated carbocycles. The number of halogens is 2. The second kappa shape index (κ2) is 9.75. The fourth-order valence-corrected chi connectivity index (χ4v) is 4.10. The van der Waals surface area contributed by atoms with E-state index >= 15 is 0 Å². The van der Waals surface area contributed by atoms with Crippen LogP contribution in [0.4, 0.5) is 19.5 Å². The molecule has 0 bridgehead atoms. The van der Waals surface area contributed by atoms with E-state index in [-0.39, 0.29) is 22.3 Å². The number of hydrogen-bond donors (Lipinski definition) is 2. The summed E-state index contributed by atoms with van der Waals surface area (Å²) >= 11 is 6.29. The smallest absolute Gasteiger partial charge is 0.341 e. The quantitative estimate of drug-likeness (QED) is 0.511. The van der Waals surface area contributed by atoms with Gasteiger partial charge in [-0.15, -0.1) is 11.3 Å². The lowest BCUT2D eigenvalue weighted by Crippen LogP contribution is -2.30. The van der Waals surface area contributed by atoms with E-state index in [9.17, 15) is 18.4 Å². The molecule has 0 aliphatic rings. The summed E-state index contributed by atoms with van der Waals surface area (Å²) < 4.78 is 31.3. The van der Waals surface area contributed by atoms with Gasteiger partial charge in [-0.05, 0) is 50.7 Å². The average Bonchev–Trinajstić information content (AvgIpc) is 3.00. The molecule has 29 heavy (non-hydrogen) atoms. The fraction of sp³-hybridized carbons (Fsp3) is 0.316. The third-order valence-electron chi connectivity index (χ3n) is 4.19. The van der Waals surface area contributed by atoms with Crippen molar-refractivity contribution in [3.05, 3.63) is 45.8 Å². The third kappa shape index (κ3) is 5.07. The van der Waals surface area contributed by atoms with Gasteiger partial charge in [0.1, 0.15) is 5.00 Å². The van der Waals surface area contributed by atoms with Gasteiger partial charge in [-0.1, -0.05) is 0 Å². The summed E-state index contributed by atoms with van der Waals surface area (Å²) in [6.45, 7) is 6.45. The molecule has 2 rings (SSSR count). The maximum Gasteiger partial charge on any atom is 0.341 e. The van der Waals surface area contributed by atoms with Crippen molar-refractivity contribution >= 4 is 51.2 Å². The van der Waals surface area contributed by atoms with E-state index in [0.717, 1.165) is 23.5 Å². The fourth-order valence-electron chi connectivity index (χ4n) is 2.65. The lowest BCUT2D eigenvalue weighted by Gasteiger charge is -2.17. The highest BCUT2D eigenvalue weighted by atomic mass is 32.1. The number of nitrogens with one attached hydrogen (secondary N) is 2. The molecule has 2 N–H and O–H groups in total. The van der Waals surface area contributed by atoms with Gasteiger partial charge in [0.2, 0.25) is 0 Å². The van der Waals surface area contributed by atoms with Crippen molar-refractivity contribution in [2.24, 2.45) is 0 Å². The largest absolute Gasteiger partial charge is 0.465 e. The highest BCUT2D eigenvalue weighted by Gasteiger charge is 2.27. The SMILES string of the molecule is CCN(CC)C(=O)c1sc(NC(=S)Nc2ccc(F)c(F)c2)c(C(=O)OC)c1C. The maximum absolute atomic E-state index is 13.4. The Morgan fingerprint density at radius 1 is 1.17 bits per heavy atom. The normalized spacial score (nSPS) is 10.4. The predicted octanol–water partition coefficient (Wildman–Crippen LogP) is 4.41. The van der Waals surface area contributed by atoms with E-state index in [2.05, 4.69) is 10.6 Å². The minimum Gasteiger partial charge on any atom is -0.465 e. The molecule has 6 nitrogen and oxygen atoms in total. The van der Waals surface area contributed by atoms with E-state index in [1.807, 2.05) is 13.8 Å². The van der Waals surface area contributed by atoms with Gasteiger partial charge in [0.15, 0.2) is 16.7 Å². The van der Waals surface area contributed by atoms with Crippen LogP contribution in [0, 0.1) is 18.6 Å². The first-order valence-electron chi connectivity index (χ1n) is 8.77. The zero-order valence-electron chi connectivity index (χ0n) is 16.4. The van der Waals surface area contributed by atoms with E-state index in [4.69, 9.17) is 17.0 Å². The second-order valence-corrected chi connectivity index (χ2v) is 7.37. The molecular formula is C19H21F2N3O3S2. The molecule has 0 atom stereocenters. The number of thiophene rings is 1. The molecule has 0 radical (unpaired) electrons. The molecule has 10 heteroatoms. The molecule has 2 aromatic rings. The predicted molar refractivity (Wildman–Crippen MR) is 114 cm³/mol. The first-order valence-corrected chi connectivity index (χ1v) is 9.99. The van der Waals surface area contributed by atoms with Gasteiger partial charge in [-0.3, -0.25) is 4.79 Å². The summed E-state index contributed by atoms with van der Waals surface area (Å²) in [5.74, 6) is -2.81. The number of carbonyl (C=O) groups excluding carboxylic acids is 2. The highest BCUT2D eigenvalue weighted by Crippen LogP contribution is 2.34. The van der Waals surface area contributed by atoms with Gasteiger partial charge in [0, 0.05) is 24.8 Å². The van der Waals surface area contributed by atoms with Gasteiger partial charge in [0.25, 0.3) is 5.91 Å². The van der Waals surface area contributed by atoms with E-state index < -0.39 is 17.6 Å². The number of ether oxygens (including phenoxy) is 1. The summed E-state index contributed by atoms with van der Waals surface area (Å²) in [4.78, 5) is 27.1. The molecule has 0 spiro atoms. The summed E-state index contributed by atoms with van der Waals surface area (Å²) in [5, 5.41) is 5.94. The van der Waals surface area contributed by atoms with Crippen molar-refractivity contribution in [3.63, 3.8) is 0 Å². The number of anilines is 2. The zero-order valence-corrected chi connectivity index (χ0v) is 18.0. The third-order valence-corrected chi connectivity index (χ3v) is 5.59. The van der Waals surface area contributed by atoms with Crippen molar-refractivity contribution in [1.29, 1.82) is 0 Å². The summed E-state index contributed by atoms with van der Waals surface area (Å²) in [5.41, 5.74) is 0.910. The summed E-state index contributed by atoms with van der Waals surface area (Å²) in [6.07, 6.45) is 0. The van der Waals surface area contributed by atoms with Crippen LogP contribution in [0.2, 0.25) is 0 Å². The van der Waals surface area contributed by atoms with Gasteiger partial charge in [0.05, 0.1) is 17.6 Å². The summed E-state index contributed by atoms with van der Waals surface area (Å²) in [6, 6.07) is 3.25. The molecule has 0 fully saturated rings. The van der Waals surface area contributed by atoms with Gasteiger partial charge in [-0.2, -0.15) is 0 Å². The molecule has 0 aliphatic heterocycles. The number of nitrogens with zero attached hydrogens (tertiary/aromatic N) is 1. The number of rotatable bonds is 6.